The molecule has 0 aliphatic carbocycles. The normalized spacial score (nSPS) is 18.3. The first-order valence-corrected chi connectivity index (χ1v) is 7.71. The standard InChI is InChI=1S/C13H19BrN4S/c1-2-11(13(15)19)17-5-7-18(8-6-17)12-4-3-10(14)9-16-12/h3-4,9,11H,2,5-8H2,1H3,(H2,15,19). The molecule has 1 aliphatic heterocycles. The number of hydrogen-bond acceptors (Lipinski definition) is 4. The van der Waals surface area contributed by atoms with Gasteiger partial charge < -0.3 is 10.6 Å². The molecule has 0 spiro atoms. The fourth-order valence-corrected chi connectivity index (χ4v) is 3.01. The maximum Gasteiger partial charge on any atom is 0.128 e. The van der Waals surface area contributed by atoms with E-state index < -0.39 is 0 Å². The Hall–Kier alpha value is -0.720. The van der Waals surface area contributed by atoms with Gasteiger partial charge >= 0.3 is 0 Å². The first-order valence-electron chi connectivity index (χ1n) is 6.51. The van der Waals surface area contributed by atoms with Crippen LogP contribution in [0, 0.1) is 0 Å². The third-order valence-corrected chi connectivity index (χ3v) is 4.25. The minimum Gasteiger partial charge on any atom is -0.392 e. The summed E-state index contributed by atoms with van der Waals surface area (Å²) < 4.78 is 1.01. The van der Waals surface area contributed by atoms with Gasteiger partial charge in [-0.15, -0.1) is 0 Å². The molecule has 1 aromatic heterocycles. The van der Waals surface area contributed by atoms with Crippen LogP contribution in [-0.4, -0.2) is 47.1 Å². The van der Waals surface area contributed by atoms with E-state index in [1.165, 1.54) is 0 Å². The molecule has 0 aromatic carbocycles. The van der Waals surface area contributed by atoms with Gasteiger partial charge in [0.2, 0.25) is 0 Å². The number of hydrogen-bond donors (Lipinski definition) is 1. The molecule has 1 fully saturated rings. The number of nitrogens with two attached hydrogens (primary N) is 1. The van der Waals surface area contributed by atoms with Gasteiger partial charge in [0, 0.05) is 36.8 Å². The summed E-state index contributed by atoms with van der Waals surface area (Å²) in [5, 5.41) is 0. The van der Waals surface area contributed by atoms with E-state index in [2.05, 4.69) is 37.6 Å². The number of rotatable bonds is 4. The van der Waals surface area contributed by atoms with Gasteiger partial charge in [0.05, 0.1) is 11.0 Å². The first-order chi connectivity index (χ1) is 9.11. The number of anilines is 1. The van der Waals surface area contributed by atoms with Gasteiger partial charge in [-0.1, -0.05) is 19.1 Å². The highest BCUT2D eigenvalue weighted by Gasteiger charge is 2.24. The quantitative estimate of drug-likeness (QED) is 0.848. The average molecular weight is 343 g/mol. The minimum atomic E-state index is 0.232. The smallest absolute Gasteiger partial charge is 0.128 e. The van der Waals surface area contributed by atoms with Gasteiger partial charge in [0.1, 0.15) is 5.82 Å². The molecule has 6 heteroatoms. The summed E-state index contributed by atoms with van der Waals surface area (Å²) >= 11 is 8.55. The van der Waals surface area contributed by atoms with Crippen LogP contribution < -0.4 is 10.6 Å². The Morgan fingerprint density at radius 2 is 2.11 bits per heavy atom. The highest BCUT2D eigenvalue weighted by Crippen LogP contribution is 2.18. The van der Waals surface area contributed by atoms with Gasteiger partial charge in [-0.2, -0.15) is 0 Å². The molecule has 1 unspecified atom stereocenters. The third kappa shape index (κ3) is 3.64. The van der Waals surface area contributed by atoms with Crippen LogP contribution in [0.2, 0.25) is 0 Å². The molecule has 1 atom stereocenters. The van der Waals surface area contributed by atoms with E-state index in [9.17, 15) is 0 Å². The Balaban J connectivity index is 1.95. The van der Waals surface area contributed by atoms with Crippen molar-refractivity contribution < 1.29 is 0 Å². The van der Waals surface area contributed by atoms with E-state index >= 15 is 0 Å². The molecule has 0 amide bonds. The first kappa shape index (κ1) is 14.7. The SMILES string of the molecule is CCC(C(N)=S)N1CCN(c2ccc(Br)cn2)CC1. The van der Waals surface area contributed by atoms with E-state index in [1.807, 2.05) is 18.3 Å². The molecule has 1 saturated heterocycles. The summed E-state index contributed by atoms with van der Waals surface area (Å²) in [5.41, 5.74) is 5.80. The van der Waals surface area contributed by atoms with Crippen molar-refractivity contribution in [2.24, 2.45) is 5.73 Å². The monoisotopic (exact) mass is 342 g/mol. The minimum absolute atomic E-state index is 0.232. The van der Waals surface area contributed by atoms with Gasteiger partial charge in [0.25, 0.3) is 0 Å². The molecule has 2 rings (SSSR count). The van der Waals surface area contributed by atoms with Gasteiger partial charge in [-0.25, -0.2) is 4.98 Å². The van der Waals surface area contributed by atoms with Crippen LogP contribution in [0.3, 0.4) is 0 Å². The number of pyridine rings is 1. The van der Waals surface area contributed by atoms with E-state index in [0.29, 0.717) is 4.99 Å². The summed E-state index contributed by atoms with van der Waals surface area (Å²) in [5.74, 6) is 1.03. The van der Waals surface area contributed by atoms with Crippen LogP contribution in [0.5, 0.6) is 0 Å². The fraction of sp³-hybridized carbons (Fsp3) is 0.538. The number of aromatic nitrogens is 1. The van der Waals surface area contributed by atoms with Gasteiger partial charge in [0.15, 0.2) is 0 Å². The highest BCUT2D eigenvalue weighted by molar-refractivity contribution is 9.10. The van der Waals surface area contributed by atoms with Crippen LogP contribution in [0.15, 0.2) is 22.8 Å². The van der Waals surface area contributed by atoms with Gasteiger partial charge in [-0.05, 0) is 34.5 Å². The molecule has 0 bridgehead atoms. The average Bonchev–Trinajstić information content (AvgIpc) is 2.41. The van der Waals surface area contributed by atoms with E-state index in [1.54, 1.807) is 0 Å². The summed E-state index contributed by atoms with van der Waals surface area (Å²) in [7, 11) is 0. The van der Waals surface area contributed by atoms with Crippen LogP contribution in [0.4, 0.5) is 5.82 Å². The van der Waals surface area contributed by atoms with Crippen LogP contribution >= 0.6 is 28.1 Å². The van der Waals surface area contributed by atoms with Crippen molar-refractivity contribution in [2.75, 3.05) is 31.1 Å². The van der Waals surface area contributed by atoms with Crippen molar-refractivity contribution in [2.45, 2.75) is 19.4 Å². The maximum absolute atomic E-state index is 5.80. The number of piperazine rings is 1. The van der Waals surface area contributed by atoms with Crippen molar-refractivity contribution in [3.63, 3.8) is 0 Å². The van der Waals surface area contributed by atoms with Crippen LogP contribution in [0.1, 0.15) is 13.3 Å². The molecule has 2 heterocycles. The van der Waals surface area contributed by atoms with Gasteiger partial charge in [-0.3, -0.25) is 4.90 Å². The zero-order valence-electron chi connectivity index (χ0n) is 11.1. The van der Waals surface area contributed by atoms with Crippen LogP contribution in [0.25, 0.3) is 0 Å². The summed E-state index contributed by atoms with van der Waals surface area (Å²) in [6, 6.07) is 4.30. The Labute approximate surface area is 128 Å². The summed E-state index contributed by atoms with van der Waals surface area (Å²) in [4.78, 5) is 9.72. The Kier molecular flexibility index (Phi) is 5.13. The highest BCUT2D eigenvalue weighted by atomic mass is 79.9. The Morgan fingerprint density at radius 1 is 1.42 bits per heavy atom. The second kappa shape index (κ2) is 6.63. The van der Waals surface area contributed by atoms with Crippen molar-refractivity contribution in [3.8, 4) is 0 Å². The van der Waals surface area contributed by atoms with Crippen molar-refractivity contribution >= 4 is 39.0 Å². The Bertz CT molecular complexity index is 429. The second-order valence-electron chi connectivity index (χ2n) is 4.68. The topological polar surface area (TPSA) is 45.4 Å². The Morgan fingerprint density at radius 3 is 2.58 bits per heavy atom. The van der Waals surface area contributed by atoms with E-state index in [4.69, 9.17) is 18.0 Å². The van der Waals surface area contributed by atoms with Crippen molar-refractivity contribution in [3.05, 3.63) is 22.8 Å². The maximum atomic E-state index is 5.80. The predicted molar refractivity (Wildman–Crippen MR) is 86.6 cm³/mol. The third-order valence-electron chi connectivity index (χ3n) is 3.51. The molecular formula is C13H19BrN4S. The van der Waals surface area contributed by atoms with Crippen molar-refractivity contribution in [1.82, 2.24) is 9.88 Å². The zero-order valence-corrected chi connectivity index (χ0v) is 13.5. The van der Waals surface area contributed by atoms with E-state index in [0.717, 1.165) is 42.9 Å². The summed E-state index contributed by atoms with van der Waals surface area (Å²) in [6.07, 6.45) is 2.82. The fourth-order valence-electron chi connectivity index (χ4n) is 2.46. The number of halogens is 1. The van der Waals surface area contributed by atoms with Crippen LogP contribution in [-0.2, 0) is 0 Å². The lowest BCUT2D eigenvalue weighted by atomic mass is 10.1. The second-order valence-corrected chi connectivity index (χ2v) is 6.07. The summed E-state index contributed by atoms with van der Waals surface area (Å²) in [6.45, 7) is 6.02. The molecule has 104 valence electrons. The molecule has 1 aliphatic rings. The number of nitrogens with zero attached hydrogens (tertiary/aromatic N) is 3. The molecule has 0 radical (unpaired) electrons. The molecule has 2 N–H and O–H groups in total. The molecular weight excluding hydrogens is 324 g/mol. The lowest BCUT2D eigenvalue weighted by molar-refractivity contribution is 0.224. The lowest BCUT2D eigenvalue weighted by Gasteiger charge is -2.39. The molecule has 0 saturated carbocycles. The molecule has 4 nitrogen and oxygen atoms in total. The zero-order chi connectivity index (χ0) is 13.8. The number of thiocarbonyl (C=S) groups is 1. The predicted octanol–water partition coefficient (Wildman–Crippen LogP) is 2.03. The molecule has 1 aromatic rings. The van der Waals surface area contributed by atoms with Crippen molar-refractivity contribution in [1.29, 1.82) is 0 Å². The lowest BCUT2D eigenvalue weighted by Crippen LogP contribution is -2.53. The van der Waals surface area contributed by atoms with E-state index in [-0.39, 0.29) is 6.04 Å². The largest absolute Gasteiger partial charge is 0.392 e. The molecule has 19 heavy (non-hydrogen) atoms.